The highest BCUT2D eigenvalue weighted by Gasteiger charge is 2.02. The molecule has 0 heterocycles. The smallest absolute Gasteiger partial charge is 0.161 e. The van der Waals surface area contributed by atoms with Gasteiger partial charge < -0.3 is 19.9 Å². The SMILES string of the molecule is CCC(N)COCCCOc1ccccc1OC. The molecular formula is C14H23NO3. The van der Waals surface area contributed by atoms with Crippen molar-refractivity contribution in [3.8, 4) is 11.5 Å². The Hall–Kier alpha value is -1.26. The van der Waals surface area contributed by atoms with Gasteiger partial charge in [-0.05, 0) is 18.6 Å². The van der Waals surface area contributed by atoms with Gasteiger partial charge in [0.05, 0.1) is 20.3 Å². The molecule has 0 spiro atoms. The van der Waals surface area contributed by atoms with Gasteiger partial charge in [0, 0.05) is 19.1 Å². The highest BCUT2D eigenvalue weighted by Crippen LogP contribution is 2.25. The lowest BCUT2D eigenvalue weighted by atomic mass is 10.3. The maximum Gasteiger partial charge on any atom is 0.161 e. The Balaban J connectivity index is 2.14. The fraction of sp³-hybridized carbons (Fsp3) is 0.571. The van der Waals surface area contributed by atoms with Gasteiger partial charge in [-0.15, -0.1) is 0 Å². The number of hydrogen-bond acceptors (Lipinski definition) is 4. The van der Waals surface area contributed by atoms with E-state index in [1.54, 1.807) is 7.11 Å². The number of para-hydroxylation sites is 2. The van der Waals surface area contributed by atoms with Crippen LogP contribution >= 0.6 is 0 Å². The van der Waals surface area contributed by atoms with E-state index in [-0.39, 0.29) is 6.04 Å². The van der Waals surface area contributed by atoms with Gasteiger partial charge in [-0.2, -0.15) is 0 Å². The highest BCUT2D eigenvalue weighted by atomic mass is 16.5. The van der Waals surface area contributed by atoms with Crippen LogP contribution < -0.4 is 15.2 Å². The fourth-order valence-electron chi connectivity index (χ4n) is 1.43. The first-order valence-electron chi connectivity index (χ1n) is 6.37. The molecule has 0 aliphatic rings. The Morgan fingerprint density at radius 1 is 1.17 bits per heavy atom. The summed E-state index contributed by atoms with van der Waals surface area (Å²) in [6.45, 7) is 3.95. The van der Waals surface area contributed by atoms with Crippen LogP contribution in [0.2, 0.25) is 0 Å². The number of methoxy groups -OCH3 is 1. The minimum Gasteiger partial charge on any atom is -0.493 e. The molecule has 0 aliphatic carbocycles. The monoisotopic (exact) mass is 253 g/mol. The predicted molar refractivity (Wildman–Crippen MR) is 72.2 cm³/mol. The molecule has 0 amide bonds. The van der Waals surface area contributed by atoms with Gasteiger partial charge in [-0.1, -0.05) is 19.1 Å². The van der Waals surface area contributed by atoms with Crippen LogP contribution in [0.3, 0.4) is 0 Å². The van der Waals surface area contributed by atoms with Gasteiger partial charge >= 0.3 is 0 Å². The summed E-state index contributed by atoms with van der Waals surface area (Å²) in [5.74, 6) is 1.52. The van der Waals surface area contributed by atoms with Gasteiger partial charge in [0.2, 0.25) is 0 Å². The maximum absolute atomic E-state index is 5.74. The molecule has 1 atom stereocenters. The van der Waals surface area contributed by atoms with Crippen molar-refractivity contribution in [1.82, 2.24) is 0 Å². The van der Waals surface area contributed by atoms with E-state index < -0.39 is 0 Å². The second kappa shape index (κ2) is 8.78. The third kappa shape index (κ3) is 5.38. The minimum atomic E-state index is 0.139. The van der Waals surface area contributed by atoms with Crippen molar-refractivity contribution in [2.24, 2.45) is 5.73 Å². The molecule has 1 aromatic rings. The zero-order chi connectivity index (χ0) is 13.2. The van der Waals surface area contributed by atoms with E-state index in [4.69, 9.17) is 19.9 Å². The summed E-state index contributed by atoms with van der Waals surface area (Å²) in [5.41, 5.74) is 5.74. The number of benzene rings is 1. The summed E-state index contributed by atoms with van der Waals surface area (Å²) in [6.07, 6.45) is 1.78. The summed E-state index contributed by atoms with van der Waals surface area (Å²) in [5, 5.41) is 0. The first-order valence-corrected chi connectivity index (χ1v) is 6.37. The average Bonchev–Trinajstić information content (AvgIpc) is 2.42. The van der Waals surface area contributed by atoms with Crippen molar-refractivity contribution in [2.45, 2.75) is 25.8 Å². The molecule has 0 aliphatic heterocycles. The van der Waals surface area contributed by atoms with E-state index in [1.165, 1.54) is 0 Å². The minimum absolute atomic E-state index is 0.139. The topological polar surface area (TPSA) is 53.7 Å². The highest BCUT2D eigenvalue weighted by molar-refractivity contribution is 5.39. The third-order valence-electron chi connectivity index (χ3n) is 2.62. The number of nitrogens with two attached hydrogens (primary N) is 1. The van der Waals surface area contributed by atoms with Gasteiger partial charge in [-0.3, -0.25) is 0 Å². The first-order chi connectivity index (χ1) is 8.77. The van der Waals surface area contributed by atoms with Crippen LogP contribution in [0.25, 0.3) is 0 Å². The second-order valence-corrected chi connectivity index (χ2v) is 4.10. The lowest BCUT2D eigenvalue weighted by Gasteiger charge is -2.11. The Bertz CT molecular complexity index is 331. The zero-order valence-electron chi connectivity index (χ0n) is 11.2. The molecule has 0 bridgehead atoms. The van der Waals surface area contributed by atoms with Crippen molar-refractivity contribution >= 4 is 0 Å². The van der Waals surface area contributed by atoms with E-state index in [1.807, 2.05) is 24.3 Å². The third-order valence-corrected chi connectivity index (χ3v) is 2.62. The second-order valence-electron chi connectivity index (χ2n) is 4.10. The zero-order valence-corrected chi connectivity index (χ0v) is 11.2. The molecular weight excluding hydrogens is 230 g/mol. The van der Waals surface area contributed by atoms with Gasteiger partial charge in [0.15, 0.2) is 11.5 Å². The molecule has 4 heteroatoms. The number of rotatable bonds is 9. The van der Waals surface area contributed by atoms with Gasteiger partial charge in [0.1, 0.15) is 0 Å². The molecule has 102 valence electrons. The molecule has 18 heavy (non-hydrogen) atoms. The summed E-state index contributed by atoms with van der Waals surface area (Å²) in [6, 6.07) is 7.76. The van der Waals surface area contributed by atoms with Crippen molar-refractivity contribution in [1.29, 1.82) is 0 Å². The molecule has 2 N–H and O–H groups in total. The van der Waals surface area contributed by atoms with Crippen LogP contribution in [0.5, 0.6) is 11.5 Å². The van der Waals surface area contributed by atoms with Crippen LogP contribution in [0.4, 0.5) is 0 Å². The van der Waals surface area contributed by atoms with Crippen LogP contribution in [0.1, 0.15) is 19.8 Å². The Kier molecular flexibility index (Phi) is 7.22. The standard InChI is InChI=1S/C14H23NO3/c1-3-12(15)11-17-9-6-10-18-14-8-5-4-7-13(14)16-2/h4-5,7-8,12H,3,6,9-11,15H2,1-2H3. The fourth-order valence-corrected chi connectivity index (χ4v) is 1.43. The molecule has 0 saturated carbocycles. The van der Waals surface area contributed by atoms with Crippen LogP contribution in [-0.4, -0.2) is 33.0 Å². The molecule has 4 nitrogen and oxygen atoms in total. The van der Waals surface area contributed by atoms with Gasteiger partial charge in [0.25, 0.3) is 0 Å². The quantitative estimate of drug-likeness (QED) is 0.686. The van der Waals surface area contributed by atoms with Crippen LogP contribution in [0, 0.1) is 0 Å². The summed E-state index contributed by atoms with van der Waals surface area (Å²) in [4.78, 5) is 0. The normalized spacial score (nSPS) is 12.2. The number of ether oxygens (including phenoxy) is 3. The molecule has 0 fully saturated rings. The van der Waals surface area contributed by atoms with Gasteiger partial charge in [-0.25, -0.2) is 0 Å². The molecule has 1 rings (SSSR count). The molecule has 0 saturated heterocycles. The van der Waals surface area contributed by atoms with E-state index in [0.29, 0.717) is 19.8 Å². The average molecular weight is 253 g/mol. The molecule has 0 radical (unpaired) electrons. The largest absolute Gasteiger partial charge is 0.493 e. The number of hydrogen-bond donors (Lipinski definition) is 1. The Labute approximate surface area is 109 Å². The lowest BCUT2D eigenvalue weighted by molar-refractivity contribution is 0.106. The van der Waals surface area contributed by atoms with E-state index in [9.17, 15) is 0 Å². The first kappa shape index (κ1) is 14.8. The predicted octanol–water partition coefficient (Wildman–Crippen LogP) is 2.22. The Morgan fingerprint density at radius 3 is 2.56 bits per heavy atom. The molecule has 1 unspecified atom stereocenters. The van der Waals surface area contributed by atoms with E-state index in [0.717, 1.165) is 24.3 Å². The van der Waals surface area contributed by atoms with E-state index in [2.05, 4.69) is 6.92 Å². The van der Waals surface area contributed by atoms with Crippen molar-refractivity contribution in [2.75, 3.05) is 26.9 Å². The van der Waals surface area contributed by atoms with E-state index >= 15 is 0 Å². The summed E-state index contributed by atoms with van der Waals surface area (Å²) < 4.78 is 16.3. The van der Waals surface area contributed by atoms with Crippen molar-refractivity contribution in [3.05, 3.63) is 24.3 Å². The lowest BCUT2D eigenvalue weighted by Crippen LogP contribution is -2.25. The maximum atomic E-state index is 5.74. The van der Waals surface area contributed by atoms with Crippen LogP contribution in [0.15, 0.2) is 24.3 Å². The molecule has 0 aromatic heterocycles. The summed E-state index contributed by atoms with van der Waals surface area (Å²) >= 11 is 0. The van der Waals surface area contributed by atoms with Crippen molar-refractivity contribution < 1.29 is 14.2 Å². The summed E-state index contributed by atoms with van der Waals surface area (Å²) in [7, 11) is 1.64. The molecule has 1 aromatic carbocycles. The van der Waals surface area contributed by atoms with Crippen molar-refractivity contribution in [3.63, 3.8) is 0 Å². The Morgan fingerprint density at radius 2 is 1.89 bits per heavy atom. The van der Waals surface area contributed by atoms with Crippen LogP contribution in [-0.2, 0) is 4.74 Å².